The maximum atomic E-state index is 13.9. The van der Waals surface area contributed by atoms with Crippen LogP contribution in [-0.2, 0) is 6.54 Å². The normalized spacial score (nSPS) is 11.0. The van der Waals surface area contributed by atoms with Gasteiger partial charge in [-0.3, -0.25) is 0 Å². The van der Waals surface area contributed by atoms with E-state index in [1.165, 1.54) is 6.07 Å². The Bertz CT molecular complexity index is 1070. The molecule has 5 nitrogen and oxygen atoms in total. The third-order valence-corrected chi connectivity index (χ3v) is 4.23. The highest BCUT2D eigenvalue weighted by molar-refractivity contribution is 5.64. The predicted molar refractivity (Wildman–Crippen MR) is 101 cm³/mol. The first kappa shape index (κ1) is 16.1. The topological polar surface area (TPSA) is 68.2 Å². The Hall–Kier alpha value is -3.41. The van der Waals surface area contributed by atoms with Gasteiger partial charge in [-0.2, -0.15) is 4.98 Å². The summed E-state index contributed by atoms with van der Waals surface area (Å²) < 4.78 is 15.6. The maximum absolute atomic E-state index is 13.9. The van der Waals surface area contributed by atoms with Gasteiger partial charge in [0.1, 0.15) is 5.82 Å². The molecule has 2 heterocycles. The first-order valence-electron chi connectivity index (χ1n) is 8.31. The molecule has 2 aromatic heterocycles. The van der Waals surface area contributed by atoms with E-state index in [2.05, 4.69) is 15.4 Å². The number of hydrogen-bond donors (Lipinski definition) is 2. The van der Waals surface area contributed by atoms with Gasteiger partial charge < -0.3 is 11.1 Å². The Labute approximate surface area is 150 Å². The molecule has 26 heavy (non-hydrogen) atoms. The van der Waals surface area contributed by atoms with E-state index in [0.717, 1.165) is 22.4 Å². The van der Waals surface area contributed by atoms with Crippen LogP contribution in [0.3, 0.4) is 0 Å². The molecule has 0 aliphatic rings. The van der Waals surface area contributed by atoms with Crippen LogP contribution in [0.25, 0.3) is 16.9 Å². The number of aryl methyl sites for hydroxylation is 1. The van der Waals surface area contributed by atoms with Crippen LogP contribution in [-0.4, -0.2) is 14.6 Å². The van der Waals surface area contributed by atoms with Crippen molar-refractivity contribution < 1.29 is 4.39 Å². The van der Waals surface area contributed by atoms with Gasteiger partial charge in [0.2, 0.25) is 5.95 Å². The molecule has 0 bridgehead atoms. The number of anilines is 2. The van der Waals surface area contributed by atoms with Crippen LogP contribution < -0.4 is 11.1 Å². The molecule has 2 aromatic carbocycles. The van der Waals surface area contributed by atoms with E-state index in [0.29, 0.717) is 17.9 Å². The number of hydrogen-bond acceptors (Lipinski definition) is 4. The zero-order valence-electron chi connectivity index (χ0n) is 14.3. The third kappa shape index (κ3) is 3.09. The Balaban J connectivity index is 1.55. The molecule has 0 spiro atoms. The molecule has 0 radical (unpaired) electrons. The quantitative estimate of drug-likeness (QED) is 0.585. The summed E-state index contributed by atoms with van der Waals surface area (Å²) in [5.74, 6) is 0.00969. The van der Waals surface area contributed by atoms with Gasteiger partial charge in [-0.15, -0.1) is 5.10 Å². The number of benzene rings is 2. The number of nitrogens with two attached hydrogens (primary N) is 1. The van der Waals surface area contributed by atoms with Gasteiger partial charge in [0.15, 0.2) is 5.65 Å². The molecule has 3 N–H and O–H groups in total. The molecule has 0 atom stereocenters. The summed E-state index contributed by atoms with van der Waals surface area (Å²) in [6, 6.07) is 19.0. The van der Waals surface area contributed by atoms with Crippen LogP contribution in [0.5, 0.6) is 0 Å². The standard InChI is InChI=1S/C20H18FN5/c1-13-5-10-17(16(21)11-13)23-12-14-6-8-15(9-7-14)18-3-2-4-19-24-20(22)25-26(18)19/h2-11,23H,12H2,1H3,(H2,22,25). The summed E-state index contributed by atoms with van der Waals surface area (Å²) >= 11 is 0. The number of nitrogens with one attached hydrogen (secondary N) is 1. The fourth-order valence-electron chi connectivity index (χ4n) is 2.89. The SMILES string of the molecule is Cc1ccc(NCc2ccc(-c3cccc4nc(N)nn34)cc2)c(F)c1. The third-order valence-electron chi connectivity index (χ3n) is 4.23. The van der Waals surface area contributed by atoms with Crippen LogP contribution in [0.4, 0.5) is 16.0 Å². The number of nitrogens with zero attached hydrogens (tertiary/aromatic N) is 3. The van der Waals surface area contributed by atoms with Gasteiger partial charge in [0, 0.05) is 12.1 Å². The number of rotatable bonds is 4. The highest BCUT2D eigenvalue weighted by Gasteiger charge is 2.07. The van der Waals surface area contributed by atoms with Crippen LogP contribution in [0.15, 0.2) is 60.7 Å². The lowest BCUT2D eigenvalue weighted by Crippen LogP contribution is -2.02. The smallest absolute Gasteiger partial charge is 0.240 e. The van der Waals surface area contributed by atoms with Gasteiger partial charge >= 0.3 is 0 Å². The molecule has 0 saturated carbocycles. The molecule has 6 heteroatoms. The number of fused-ring (bicyclic) bond motifs is 1. The maximum Gasteiger partial charge on any atom is 0.240 e. The summed E-state index contributed by atoms with van der Waals surface area (Å²) in [5, 5.41) is 7.36. The van der Waals surface area contributed by atoms with Crippen LogP contribution in [0, 0.1) is 12.7 Å². The van der Waals surface area contributed by atoms with Crippen LogP contribution in [0.1, 0.15) is 11.1 Å². The van der Waals surface area contributed by atoms with Crippen molar-refractivity contribution >= 4 is 17.3 Å². The average Bonchev–Trinajstić information content (AvgIpc) is 3.01. The zero-order valence-corrected chi connectivity index (χ0v) is 14.3. The second kappa shape index (κ2) is 6.48. The predicted octanol–water partition coefficient (Wildman–Crippen LogP) is 4.04. The Kier molecular flexibility index (Phi) is 4.01. The van der Waals surface area contributed by atoms with Crippen molar-refractivity contribution in [3.05, 3.63) is 77.6 Å². The zero-order chi connectivity index (χ0) is 18.1. The minimum atomic E-state index is -0.239. The molecule has 4 rings (SSSR count). The van der Waals surface area contributed by atoms with Crippen molar-refractivity contribution in [3.8, 4) is 11.3 Å². The summed E-state index contributed by atoms with van der Waals surface area (Å²) in [7, 11) is 0. The fourth-order valence-corrected chi connectivity index (χ4v) is 2.89. The number of pyridine rings is 1. The van der Waals surface area contributed by atoms with E-state index in [4.69, 9.17) is 5.73 Å². The van der Waals surface area contributed by atoms with E-state index >= 15 is 0 Å². The molecule has 0 unspecified atom stereocenters. The lowest BCUT2D eigenvalue weighted by atomic mass is 10.1. The molecular formula is C20H18FN5. The highest BCUT2D eigenvalue weighted by atomic mass is 19.1. The minimum Gasteiger partial charge on any atom is -0.379 e. The van der Waals surface area contributed by atoms with Gasteiger partial charge in [-0.25, -0.2) is 8.91 Å². The monoisotopic (exact) mass is 347 g/mol. The molecule has 0 aliphatic carbocycles. The van der Waals surface area contributed by atoms with E-state index in [-0.39, 0.29) is 11.8 Å². The molecule has 130 valence electrons. The Morgan fingerprint density at radius 3 is 2.65 bits per heavy atom. The van der Waals surface area contributed by atoms with Crippen molar-refractivity contribution in [2.75, 3.05) is 11.1 Å². The Morgan fingerprint density at radius 2 is 1.88 bits per heavy atom. The summed E-state index contributed by atoms with van der Waals surface area (Å²) in [5.41, 5.74) is 10.8. The molecule has 0 amide bonds. The number of aromatic nitrogens is 3. The Morgan fingerprint density at radius 1 is 1.08 bits per heavy atom. The summed E-state index contributed by atoms with van der Waals surface area (Å²) in [6.07, 6.45) is 0. The number of halogens is 1. The van der Waals surface area contributed by atoms with Crippen molar-refractivity contribution in [1.29, 1.82) is 0 Å². The average molecular weight is 347 g/mol. The molecular weight excluding hydrogens is 329 g/mol. The van der Waals surface area contributed by atoms with Crippen molar-refractivity contribution in [1.82, 2.24) is 14.6 Å². The number of nitrogen functional groups attached to an aromatic ring is 1. The van der Waals surface area contributed by atoms with E-state index < -0.39 is 0 Å². The second-order valence-electron chi connectivity index (χ2n) is 6.18. The molecule has 0 aliphatic heterocycles. The van der Waals surface area contributed by atoms with Gasteiger partial charge in [0.25, 0.3) is 0 Å². The van der Waals surface area contributed by atoms with Gasteiger partial charge in [-0.1, -0.05) is 36.4 Å². The lowest BCUT2D eigenvalue weighted by molar-refractivity contribution is 0.629. The fraction of sp³-hybridized carbons (Fsp3) is 0.100. The van der Waals surface area contributed by atoms with E-state index in [1.807, 2.05) is 55.5 Å². The van der Waals surface area contributed by atoms with Crippen LogP contribution in [0.2, 0.25) is 0 Å². The van der Waals surface area contributed by atoms with Gasteiger partial charge in [0.05, 0.1) is 11.4 Å². The molecule has 4 aromatic rings. The van der Waals surface area contributed by atoms with Crippen molar-refractivity contribution in [2.24, 2.45) is 0 Å². The summed E-state index contributed by atoms with van der Waals surface area (Å²) in [6.45, 7) is 2.41. The van der Waals surface area contributed by atoms with E-state index in [9.17, 15) is 4.39 Å². The van der Waals surface area contributed by atoms with Gasteiger partial charge in [-0.05, 0) is 42.3 Å². The highest BCUT2D eigenvalue weighted by Crippen LogP contribution is 2.22. The second-order valence-corrected chi connectivity index (χ2v) is 6.18. The first-order chi connectivity index (χ1) is 12.6. The van der Waals surface area contributed by atoms with E-state index in [1.54, 1.807) is 10.6 Å². The largest absolute Gasteiger partial charge is 0.379 e. The molecule has 0 saturated heterocycles. The minimum absolute atomic E-state index is 0.239. The first-order valence-corrected chi connectivity index (χ1v) is 8.31. The van der Waals surface area contributed by atoms with Crippen LogP contribution >= 0.6 is 0 Å². The lowest BCUT2D eigenvalue weighted by Gasteiger charge is -2.09. The van der Waals surface area contributed by atoms with Crippen molar-refractivity contribution in [3.63, 3.8) is 0 Å². The summed E-state index contributed by atoms with van der Waals surface area (Å²) in [4.78, 5) is 4.18. The molecule has 0 fully saturated rings. The van der Waals surface area contributed by atoms with Crippen molar-refractivity contribution in [2.45, 2.75) is 13.5 Å².